The first-order valence-electron chi connectivity index (χ1n) is 4.32. The van der Waals surface area contributed by atoms with E-state index in [1.807, 2.05) is 0 Å². The molecule has 3 N–H and O–H groups in total. The smallest absolute Gasteiger partial charge is 0.303 e. The molecule has 0 aliphatic carbocycles. The second-order valence-corrected chi connectivity index (χ2v) is 3.06. The standard InChI is InChI=1S/C10H12O4/c11-8-4-5-9(12)7(6-8)2-1-3-10(13)14/h4-6,11-12H,1-3H2,(H,13,14). The predicted molar refractivity (Wildman–Crippen MR) is 50.3 cm³/mol. The molecule has 0 saturated heterocycles. The highest BCUT2D eigenvalue weighted by Crippen LogP contribution is 2.23. The van der Waals surface area contributed by atoms with E-state index < -0.39 is 5.97 Å². The average molecular weight is 196 g/mol. The van der Waals surface area contributed by atoms with E-state index in [2.05, 4.69) is 0 Å². The van der Waals surface area contributed by atoms with Crippen LogP contribution < -0.4 is 0 Å². The number of phenols is 2. The van der Waals surface area contributed by atoms with Gasteiger partial charge in [0.25, 0.3) is 0 Å². The van der Waals surface area contributed by atoms with Gasteiger partial charge in [0.05, 0.1) is 0 Å². The number of carboxylic acids is 1. The van der Waals surface area contributed by atoms with Crippen LogP contribution in [0.4, 0.5) is 0 Å². The number of aliphatic carboxylic acids is 1. The summed E-state index contributed by atoms with van der Waals surface area (Å²) in [5.74, 6) is -0.689. The van der Waals surface area contributed by atoms with Crippen LogP contribution in [0.15, 0.2) is 18.2 Å². The highest BCUT2D eigenvalue weighted by atomic mass is 16.4. The van der Waals surface area contributed by atoms with Crippen molar-refractivity contribution in [3.63, 3.8) is 0 Å². The van der Waals surface area contributed by atoms with Gasteiger partial charge in [0.15, 0.2) is 0 Å². The molecule has 0 fully saturated rings. The minimum atomic E-state index is -0.857. The van der Waals surface area contributed by atoms with Crippen molar-refractivity contribution in [3.05, 3.63) is 23.8 Å². The van der Waals surface area contributed by atoms with E-state index in [4.69, 9.17) is 10.2 Å². The van der Waals surface area contributed by atoms with Gasteiger partial charge in [0.2, 0.25) is 0 Å². The van der Waals surface area contributed by atoms with Crippen molar-refractivity contribution in [2.45, 2.75) is 19.3 Å². The van der Waals surface area contributed by atoms with Crippen molar-refractivity contribution < 1.29 is 20.1 Å². The van der Waals surface area contributed by atoms with E-state index in [1.54, 1.807) is 0 Å². The van der Waals surface area contributed by atoms with Crippen LogP contribution in [0.2, 0.25) is 0 Å². The van der Waals surface area contributed by atoms with Gasteiger partial charge in [0, 0.05) is 6.42 Å². The Labute approximate surface area is 81.4 Å². The average Bonchev–Trinajstić information content (AvgIpc) is 2.10. The van der Waals surface area contributed by atoms with Crippen molar-refractivity contribution in [1.29, 1.82) is 0 Å². The van der Waals surface area contributed by atoms with Crippen LogP contribution in [0, 0.1) is 0 Å². The molecule has 0 aliphatic rings. The van der Waals surface area contributed by atoms with Gasteiger partial charge < -0.3 is 15.3 Å². The molecule has 0 heterocycles. The zero-order chi connectivity index (χ0) is 10.6. The molecule has 0 radical (unpaired) electrons. The lowest BCUT2D eigenvalue weighted by Gasteiger charge is -2.03. The van der Waals surface area contributed by atoms with E-state index >= 15 is 0 Å². The number of aromatic hydroxyl groups is 2. The summed E-state index contributed by atoms with van der Waals surface area (Å²) in [5.41, 5.74) is 0.575. The Kier molecular flexibility index (Phi) is 3.34. The van der Waals surface area contributed by atoms with Crippen molar-refractivity contribution in [1.82, 2.24) is 0 Å². The Morgan fingerprint density at radius 3 is 2.64 bits per heavy atom. The zero-order valence-corrected chi connectivity index (χ0v) is 7.60. The highest BCUT2D eigenvalue weighted by Gasteiger charge is 2.03. The quantitative estimate of drug-likeness (QED) is 0.638. The monoisotopic (exact) mass is 196 g/mol. The summed E-state index contributed by atoms with van der Waals surface area (Å²) in [6.45, 7) is 0. The normalized spacial score (nSPS) is 10.0. The highest BCUT2D eigenvalue weighted by molar-refractivity contribution is 5.66. The first-order valence-corrected chi connectivity index (χ1v) is 4.32. The first kappa shape index (κ1) is 10.4. The number of phenolic OH excluding ortho intramolecular Hbond substituents is 2. The molecule has 0 atom stereocenters. The number of carbonyl (C=O) groups is 1. The summed E-state index contributed by atoms with van der Waals surface area (Å²) in [5, 5.41) is 26.9. The summed E-state index contributed by atoms with van der Waals surface area (Å²) in [4.78, 5) is 10.2. The lowest BCUT2D eigenvalue weighted by molar-refractivity contribution is -0.137. The lowest BCUT2D eigenvalue weighted by atomic mass is 10.1. The van der Waals surface area contributed by atoms with E-state index in [0.717, 1.165) is 0 Å². The fourth-order valence-corrected chi connectivity index (χ4v) is 1.20. The number of benzene rings is 1. The third kappa shape index (κ3) is 2.97. The minimum absolute atomic E-state index is 0.0646. The van der Waals surface area contributed by atoms with Gasteiger partial charge in [0.1, 0.15) is 11.5 Å². The maximum Gasteiger partial charge on any atom is 0.303 e. The minimum Gasteiger partial charge on any atom is -0.508 e. The van der Waals surface area contributed by atoms with Crippen LogP contribution in [0.3, 0.4) is 0 Å². The van der Waals surface area contributed by atoms with Gasteiger partial charge in [-0.05, 0) is 36.6 Å². The lowest BCUT2D eigenvalue weighted by Crippen LogP contribution is -1.96. The molecule has 0 aliphatic heterocycles. The fourth-order valence-electron chi connectivity index (χ4n) is 1.20. The Morgan fingerprint density at radius 1 is 1.29 bits per heavy atom. The third-order valence-electron chi connectivity index (χ3n) is 1.90. The van der Waals surface area contributed by atoms with Crippen molar-refractivity contribution in [2.75, 3.05) is 0 Å². The Bertz CT molecular complexity index is 333. The molecule has 1 rings (SSSR count). The number of hydrogen-bond donors (Lipinski definition) is 3. The SMILES string of the molecule is O=C(O)CCCc1cc(O)ccc1O. The molecule has 0 amide bonds. The van der Waals surface area contributed by atoms with Crippen LogP contribution in [-0.4, -0.2) is 21.3 Å². The zero-order valence-electron chi connectivity index (χ0n) is 7.60. The molecule has 1 aromatic carbocycles. The number of aryl methyl sites for hydroxylation is 1. The molecular formula is C10H12O4. The Balaban J connectivity index is 2.57. The maximum atomic E-state index is 10.2. The van der Waals surface area contributed by atoms with E-state index in [0.29, 0.717) is 18.4 Å². The fraction of sp³-hybridized carbons (Fsp3) is 0.300. The van der Waals surface area contributed by atoms with Crippen LogP contribution in [0.1, 0.15) is 18.4 Å². The molecule has 4 heteroatoms. The molecule has 1 aromatic rings. The number of carboxylic acid groups (broad SMARTS) is 1. The van der Waals surface area contributed by atoms with Crippen molar-refractivity contribution in [3.8, 4) is 11.5 Å². The van der Waals surface area contributed by atoms with Gasteiger partial charge in [-0.25, -0.2) is 0 Å². The van der Waals surface area contributed by atoms with Crippen LogP contribution in [0.25, 0.3) is 0 Å². The van der Waals surface area contributed by atoms with Crippen LogP contribution in [0.5, 0.6) is 11.5 Å². The molecule has 0 aromatic heterocycles. The van der Waals surface area contributed by atoms with E-state index in [1.165, 1.54) is 18.2 Å². The molecule has 0 spiro atoms. The first-order chi connectivity index (χ1) is 6.59. The van der Waals surface area contributed by atoms with Crippen molar-refractivity contribution >= 4 is 5.97 Å². The maximum absolute atomic E-state index is 10.2. The van der Waals surface area contributed by atoms with Crippen molar-refractivity contribution in [2.24, 2.45) is 0 Å². The largest absolute Gasteiger partial charge is 0.508 e. The molecule has 0 saturated carbocycles. The number of hydrogen-bond acceptors (Lipinski definition) is 3. The third-order valence-corrected chi connectivity index (χ3v) is 1.90. The van der Waals surface area contributed by atoms with E-state index in [9.17, 15) is 9.90 Å². The summed E-state index contributed by atoms with van der Waals surface area (Å²) in [6, 6.07) is 4.22. The second-order valence-electron chi connectivity index (χ2n) is 3.06. The number of rotatable bonds is 4. The van der Waals surface area contributed by atoms with Gasteiger partial charge in [-0.1, -0.05) is 0 Å². The van der Waals surface area contributed by atoms with Gasteiger partial charge in [-0.3, -0.25) is 4.79 Å². The summed E-state index contributed by atoms with van der Waals surface area (Å²) >= 11 is 0. The molecule has 4 nitrogen and oxygen atoms in total. The summed E-state index contributed by atoms with van der Waals surface area (Å²) < 4.78 is 0. The molecular weight excluding hydrogens is 184 g/mol. The van der Waals surface area contributed by atoms with Crippen LogP contribution >= 0.6 is 0 Å². The topological polar surface area (TPSA) is 77.8 Å². The van der Waals surface area contributed by atoms with E-state index in [-0.39, 0.29) is 17.9 Å². The van der Waals surface area contributed by atoms with Gasteiger partial charge >= 0.3 is 5.97 Å². The Morgan fingerprint density at radius 2 is 2.00 bits per heavy atom. The predicted octanol–water partition coefficient (Wildman–Crippen LogP) is 1.51. The summed E-state index contributed by atoms with van der Waals surface area (Å²) in [6.07, 6.45) is 0.966. The van der Waals surface area contributed by atoms with Gasteiger partial charge in [-0.15, -0.1) is 0 Å². The Hall–Kier alpha value is -1.71. The molecule has 0 bridgehead atoms. The summed E-state index contributed by atoms with van der Waals surface area (Å²) in [7, 11) is 0. The molecule has 0 unspecified atom stereocenters. The van der Waals surface area contributed by atoms with Crippen LogP contribution in [-0.2, 0) is 11.2 Å². The second kappa shape index (κ2) is 4.50. The molecule has 14 heavy (non-hydrogen) atoms. The molecule has 76 valence electrons. The van der Waals surface area contributed by atoms with Gasteiger partial charge in [-0.2, -0.15) is 0 Å².